The number of amides is 1. The Hall–Kier alpha value is -0.610. The first-order valence-electron chi connectivity index (χ1n) is 10.1. The predicted octanol–water partition coefficient (Wildman–Crippen LogP) is 4.56. The lowest BCUT2D eigenvalue weighted by atomic mass is 9.69. The molecule has 0 N–H and O–H groups in total. The predicted molar refractivity (Wildman–Crippen MR) is 102 cm³/mol. The third-order valence-corrected chi connectivity index (χ3v) is 6.11. The van der Waals surface area contributed by atoms with Crippen molar-refractivity contribution in [2.24, 2.45) is 5.41 Å². The molecule has 2 saturated heterocycles. The van der Waals surface area contributed by atoms with Crippen LogP contribution >= 0.6 is 0 Å². The van der Waals surface area contributed by atoms with Gasteiger partial charge in [0.15, 0.2) is 0 Å². The summed E-state index contributed by atoms with van der Waals surface area (Å²) in [5.41, 5.74) is 0.137. The summed E-state index contributed by atoms with van der Waals surface area (Å²) in [6.07, 6.45) is 7.62. The topological polar surface area (TPSA) is 38.8 Å². The highest BCUT2D eigenvalue weighted by Crippen LogP contribution is 2.45. The third-order valence-electron chi connectivity index (χ3n) is 6.11. The summed E-state index contributed by atoms with van der Waals surface area (Å²) >= 11 is 0. The quantitative estimate of drug-likeness (QED) is 0.703. The number of hydrogen-bond donors (Lipinski definition) is 0. The van der Waals surface area contributed by atoms with E-state index in [2.05, 4.69) is 39.5 Å². The first-order valence-corrected chi connectivity index (χ1v) is 10.1. The van der Waals surface area contributed by atoms with Gasteiger partial charge in [0.2, 0.25) is 5.91 Å². The molecule has 2 rings (SSSR count). The summed E-state index contributed by atoms with van der Waals surface area (Å²) in [5.74, 6) is 0.209. The van der Waals surface area contributed by atoms with Crippen molar-refractivity contribution < 1.29 is 14.3 Å². The Bertz CT molecular complexity index is 456. The molecule has 2 heterocycles. The van der Waals surface area contributed by atoms with Crippen LogP contribution in [0.3, 0.4) is 0 Å². The van der Waals surface area contributed by atoms with Crippen LogP contribution in [0.2, 0.25) is 0 Å². The Balaban J connectivity index is 2.06. The molecule has 4 nitrogen and oxygen atoms in total. The van der Waals surface area contributed by atoms with Crippen molar-refractivity contribution in [2.75, 3.05) is 19.8 Å². The van der Waals surface area contributed by atoms with Crippen LogP contribution in [0.1, 0.15) is 86.5 Å². The number of hydrogen-bond acceptors (Lipinski definition) is 3. The molecular weight excluding hydrogens is 314 g/mol. The molecule has 0 unspecified atom stereocenters. The smallest absolute Gasteiger partial charge is 0.219 e. The van der Waals surface area contributed by atoms with Gasteiger partial charge in [-0.15, -0.1) is 0 Å². The van der Waals surface area contributed by atoms with Gasteiger partial charge in [-0.05, 0) is 71.6 Å². The standard InChI is InChI=1S/C21H39NO3/c1-7-9-21(11-14-25-20(5,6)16-21)10-12-22(17(2)23)18-8-13-24-19(3,4)15-18/h18H,7-16H2,1-6H3/t18-,21+/m1/s1. The minimum Gasteiger partial charge on any atom is -0.376 e. The number of carbonyl (C=O) groups is 1. The molecule has 25 heavy (non-hydrogen) atoms. The van der Waals surface area contributed by atoms with Gasteiger partial charge in [0.1, 0.15) is 0 Å². The largest absolute Gasteiger partial charge is 0.376 e. The van der Waals surface area contributed by atoms with Crippen LogP contribution in [-0.4, -0.2) is 47.8 Å². The average Bonchev–Trinajstić information content (AvgIpc) is 2.45. The highest BCUT2D eigenvalue weighted by molar-refractivity contribution is 5.73. The van der Waals surface area contributed by atoms with Crippen molar-refractivity contribution in [1.82, 2.24) is 4.90 Å². The van der Waals surface area contributed by atoms with Gasteiger partial charge in [0.25, 0.3) is 0 Å². The summed E-state index contributed by atoms with van der Waals surface area (Å²) < 4.78 is 11.8. The molecule has 1 amide bonds. The van der Waals surface area contributed by atoms with Crippen LogP contribution in [-0.2, 0) is 14.3 Å². The summed E-state index contributed by atoms with van der Waals surface area (Å²) in [6, 6.07) is 0.313. The van der Waals surface area contributed by atoms with Crippen LogP contribution in [0, 0.1) is 5.41 Å². The maximum atomic E-state index is 12.4. The van der Waals surface area contributed by atoms with Gasteiger partial charge in [-0.3, -0.25) is 4.79 Å². The molecule has 2 fully saturated rings. The Morgan fingerprint density at radius 2 is 1.76 bits per heavy atom. The van der Waals surface area contributed by atoms with E-state index in [0.717, 1.165) is 51.9 Å². The monoisotopic (exact) mass is 353 g/mol. The average molecular weight is 354 g/mol. The van der Waals surface area contributed by atoms with Gasteiger partial charge >= 0.3 is 0 Å². The fraction of sp³-hybridized carbons (Fsp3) is 0.952. The van der Waals surface area contributed by atoms with Crippen LogP contribution in [0.25, 0.3) is 0 Å². The summed E-state index contributed by atoms with van der Waals surface area (Å²) in [7, 11) is 0. The molecule has 2 aliphatic rings. The maximum Gasteiger partial charge on any atom is 0.219 e. The molecule has 0 aromatic rings. The molecule has 0 radical (unpaired) electrons. The lowest BCUT2D eigenvalue weighted by Gasteiger charge is -2.47. The number of rotatable bonds is 6. The van der Waals surface area contributed by atoms with E-state index in [9.17, 15) is 4.79 Å². The van der Waals surface area contributed by atoms with Crippen molar-refractivity contribution >= 4 is 5.91 Å². The SMILES string of the molecule is CCC[C@]1(CCN(C(C)=O)[C@@H]2CCOC(C)(C)C2)CCOC(C)(C)C1. The van der Waals surface area contributed by atoms with Gasteiger partial charge in [0.05, 0.1) is 11.2 Å². The highest BCUT2D eigenvalue weighted by Gasteiger charge is 2.41. The number of carbonyl (C=O) groups excluding carboxylic acids is 1. The normalized spacial score (nSPS) is 31.5. The van der Waals surface area contributed by atoms with E-state index < -0.39 is 0 Å². The Labute approximate surface area is 154 Å². The van der Waals surface area contributed by atoms with Gasteiger partial charge in [-0.2, -0.15) is 0 Å². The second-order valence-electron chi connectivity index (χ2n) is 9.50. The molecule has 0 aromatic carbocycles. The van der Waals surface area contributed by atoms with Crippen LogP contribution < -0.4 is 0 Å². The first kappa shape index (κ1) is 20.7. The molecule has 2 aliphatic heterocycles. The molecule has 2 atom stereocenters. The van der Waals surface area contributed by atoms with Crippen LogP contribution in [0.15, 0.2) is 0 Å². The molecule has 0 aliphatic carbocycles. The molecule has 0 saturated carbocycles. The van der Waals surface area contributed by atoms with Crippen LogP contribution in [0.5, 0.6) is 0 Å². The second-order valence-corrected chi connectivity index (χ2v) is 9.50. The Morgan fingerprint density at radius 3 is 2.32 bits per heavy atom. The molecule has 146 valence electrons. The van der Waals surface area contributed by atoms with E-state index in [4.69, 9.17) is 9.47 Å². The van der Waals surface area contributed by atoms with E-state index in [1.807, 2.05) is 0 Å². The van der Waals surface area contributed by atoms with Crippen molar-refractivity contribution in [3.8, 4) is 0 Å². The Kier molecular flexibility index (Phi) is 6.59. The van der Waals surface area contributed by atoms with Crippen molar-refractivity contribution in [1.29, 1.82) is 0 Å². The summed E-state index contributed by atoms with van der Waals surface area (Å²) in [4.78, 5) is 14.5. The fourth-order valence-electron chi connectivity index (χ4n) is 5.09. The number of ether oxygens (including phenoxy) is 2. The van der Waals surface area contributed by atoms with Gasteiger partial charge in [-0.25, -0.2) is 0 Å². The fourth-order valence-corrected chi connectivity index (χ4v) is 5.09. The zero-order valence-corrected chi connectivity index (χ0v) is 17.3. The van der Waals surface area contributed by atoms with Gasteiger partial charge < -0.3 is 14.4 Å². The molecule has 0 aromatic heterocycles. The van der Waals surface area contributed by atoms with E-state index in [0.29, 0.717) is 11.5 Å². The van der Waals surface area contributed by atoms with Crippen molar-refractivity contribution in [3.63, 3.8) is 0 Å². The lowest BCUT2D eigenvalue weighted by molar-refractivity contribution is -0.140. The van der Waals surface area contributed by atoms with Crippen molar-refractivity contribution in [2.45, 2.75) is 104 Å². The van der Waals surface area contributed by atoms with E-state index in [-0.39, 0.29) is 17.1 Å². The zero-order chi connectivity index (χ0) is 18.7. The highest BCUT2D eigenvalue weighted by atomic mass is 16.5. The second kappa shape index (κ2) is 7.96. The summed E-state index contributed by atoms with van der Waals surface area (Å²) in [5, 5.41) is 0. The summed E-state index contributed by atoms with van der Waals surface area (Å²) in [6.45, 7) is 15.2. The minimum atomic E-state index is -0.127. The molecule has 4 heteroatoms. The van der Waals surface area contributed by atoms with Crippen molar-refractivity contribution in [3.05, 3.63) is 0 Å². The maximum absolute atomic E-state index is 12.4. The first-order chi connectivity index (χ1) is 11.6. The van der Waals surface area contributed by atoms with E-state index in [1.165, 1.54) is 12.8 Å². The molecule has 0 spiro atoms. The van der Waals surface area contributed by atoms with E-state index >= 15 is 0 Å². The van der Waals surface area contributed by atoms with Gasteiger partial charge in [0, 0.05) is 32.7 Å². The zero-order valence-electron chi connectivity index (χ0n) is 17.3. The van der Waals surface area contributed by atoms with E-state index in [1.54, 1.807) is 6.92 Å². The molecular formula is C21H39NO3. The van der Waals surface area contributed by atoms with Gasteiger partial charge in [-0.1, -0.05) is 13.3 Å². The molecule has 0 bridgehead atoms. The lowest BCUT2D eigenvalue weighted by Crippen LogP contribution is -2.50. The number of nitrogens with zero attached hydrogens (tertiary/aromatic N) is 1. The Morgan fingerprint density at radius 1 is 1.08 bits per heavy atom. The third kappa shape index (κ3) is 5.68. The minimum absolute atomic E-state index is 0.0465. The van der Waals surface area contributed by atoms with Crippen LogP contribution in [0.4, 0.5) is 0 Å².